The van der Waals surface area contributed by atoms with E-state index in [1.165, 1.54) is 0 Å². The van der Waals surface area contributed by atoms with Crippen LogP contribution in [0.25, 0.3) is 0 Å². The molecule has 0 aromatic rings. The van der Waals surface area contributed by atoms with Gasteiger partial charge in [-0.15, -0.1) is 0 Å². The van der Waals surface area contributed by atoms with E-state index in [0.29, 0.717) is 19.2 Å². The Labute approximate surface area is 92.2 Å². The molecule has 0 radical (unpaired) electrons. The van der Waals surface area contributed by atoms with Crippen molar-refractivity contribution in [2.24, 2.45) is 5.73 Å². The number of rotatable bonds is 7. The van der Waals surface area contributed by atoms with Crippen molar-refractivity contribution in [1.29, 1.82) is 0 Å². The monoisotopic (exact) mass is 216 g/mol. The predicted octanol–water partition coefficient (Wildman–Crippen LogP) is 0.245. The molecule has 0 aliphatic heterocycles. The van der Waals surface area contributed by atoms with Gasteiger partial charge in [0.15, 0.2) is 0 Å². The Balaban J connectivity index is 1.87. The molecule has 1 aliphatic rings. The fourth-order valence-electron chi connectivity index (χ4n) is 1.95. The van der Waals surface area contributed by atoms with Crippen molar-refractivity contribution in [3.8, 4) is 0 Å². The van der Waals surface area contributed by atoms with Crippen LogP contribution in [-0.4, -0.2) is 43.6 Å². The van der Waals surface area contributed by atoms with Crippen LogP contribution in [-0.2, 0) is 4.74 Å². The Bertz CT molecular complexity index is 148. The molecule has 0 aromatic heterocycles. The van der Waals surface area contributed by atoms with Gasteiger partial charge in [0.2, 0.25) is 0 Å². The van der Waals surface area contributed by atoms with Crippen molar-refractivity contribution in [1.82, 2.24) is 5.32 Å². The van der Waals surface area contributed by atoms with E-state index in [9.17, 15) is 5.11 Å². The van der Waals surface area contributed by atoms with Crippen LogP contribution in [0.3, 0.4) is 0 Å². The Morgan fingerprint density at radius 1 is 1.20 bits per heavy atom. The molecular formula is C11H24N2O2. The first-order chi connectivity index (χ1) is 7.33. The van der Waals surface area contributed by atoms with Crippen molar-refractivity contribution < 1.29 is 9.84 Å². The second-order valence-corrected chi connectivity index (χ2v) is 4.21. The van der Waals surface area contributed by atoms with E-state index in [2.05, 4.69) is 5.32 Å². The molecule has 1 rings (SSSR count). The van der Waals surface area contributed by atoms with Gasteiger partial charge < -0.3 is 20.9 Å². The molecule has 0 heterocycles. The summed E-state index contributed by atoms with van der Waals surface area (Å²) >= 11 is 0. The van der Waals surface area contributed by atoms with E-state index in [1.807, 2.05) is 0 Å². The maximum absolute atomic E-state index is 9.34. The SMILES string of the molecule is NCCOCCCNC1CCC(O)CC1. The van der Waals surface area contributed by atoms with Crippen LogP contribution in [0.4, 0.5) is 0 Å². The number of hydrogen-bond acceptors (Lipinski definition) is 4. The minimum absolute atomic E-state index is 0.0593. The molecule has 1 saturated carbocycles. The fourth-order valence-corrected chi connectivity index (χ4v) is 1.95. The van der Waals surface area contributed by atoms with Crippen molar-refractivity contribution in [3.63, 3.8) is 0 Å². The van der Waals surface area contributed by atoms with Crippen LogP contribution in [0.5, 0.6) is 0 Å². The molecule has 15 heavy (non-hydrogen) atoms. The maximum Gasteiger partial charge on any atom is 0.0588 e. The largest absolute Gasteiger partial charge is 0.393 e. The third-order valence-electron chi connectivity index (χ3n) is 2.86. The summed E-state index contributed by atoms with van der Waals surface area (Å²) in [6.07, 6.45) is 5.08. The van der Waals surface area contributed by atoms with E-state index in [4.69, 9.17) is 10.5 Å². The molecule has 0 aromatic carbocycles. The molecule has 4 N–H and O–H groups in total. The molecular weight excluding hydrogens is 192 g/mol. The molecule has 0 unspecified atom stereocenters. The highest BCUT2D eigenvalue weighted by atomic mass is 16.5. The van der Waals surface area contributed by atoms with Crippen LogP contribution >= 0.6 is 0 Å². The number of aliphatic hydroxyl groups is 1. The number of hydrogen-bond donors (Lipinski definition) is 3. The first-order valence-corrected chi connectivity index (χ1v) is 6.02. The normalized spacial score (nSPS) is 26.8. The van der Waals surface area contributed by atoms with Crippen LogP contribution in [0.1, 0.15) is 32.1 Å². The van der Waals surface area contributed by atoms with Gasteiger partial charge in [-0.3, -0.25) is 0 Å². The summed E-state index contributed by atoms with van der Waals surface area (Å²) in [5.41, 5.74) is 5.31. The number of ether oxygens (including phenoxy) is 1. The summed E-state index contributed by atoms with van der Waals surface area (Å²) in [5.74, 6) is 0. The highest BCUT2D eigenvalue weighted by Crippen LogP contribution is 2.17. The molecule has 1 aliphatic carbocycles. The van der Waals surface area contributed by atoms with Gasteiger partial charge in [-0.05, 0) is 38.6 Å². The lowest BCUT2D eigenvalue weighted by Crippen LogP contribution is -2.35. The fraction of sp³-hybridized carbons (Fsp3) is 1.00. The second-order valence-electron chi connectivity index (χ2n) is 4.21. The number of nitrogens with one attached hydrogen (secondary N) is 1. The average Bonchev–Trinajstić information content (AvgIpc) is 2.26. The average molecular weight is 216 g/mol. The molecule has 90 valence electrons. The van der Waals surface area contributed by atoms with Gasteiger partial charge in [-0.2, -0.15) is 0 Å². The minimum atomic E-state index is -0.0593. The molecule has 4 heteroatoms. The second kappa shape index (κ2) is 8.05. The zero-order chi connectivity index (χ0) is 10.9. The molecule has 0 spiro atoms. The number of nitrogens with two attached hydrogens (primary N) is 1. The van der Waals surface area contributed by atoms with Crippen LogP contribution in [0, 0.1) is 0 Å². The van der Waals surface area contributed by atoms with Crippen molar-refractivity contribution in [2.75, 3.05) is 26.3 Å². The lowest BCUT2D eigenvalue weighted by atomic mass is 9.93. The minimum Gasteiger partial charge on any atom is -0.393 e. The Morgan fingerprint density at radius 2 is 1.93 bits per heavy atom. The Morgan fingerprint density at radius 3 is 2.60 bits per heavy atom. The van der Waals surface area contributed by atoms with E-state index < -0.39 is 0 Å². The molecule has 0 saturated heterocycles. The van der Waals surface area contributed by atoms with Crippen molar-refractivity contribution >= 4 is 0 Å². The van der Waals surface area contributed by atoms with E-state index in [1.54, 1.807) is 0 Å². The zero-order valence-electron chi connectivity index (χ0n) is 9.45. The Kier molecular flexibility index (Phi) is 6.92. The topological polar surface area (TPSA) is 67.5 Å². The van der Waals surface area contributed by atoms with Crippen molar-refractivity contribution in [3.05, 3.63) is 0 Å². The summed E-state index contributed by atoms with van der Waals surface area (Å²) in [5, 5.41) is 12.8. The highest BCUT2D eigenvalue weighted by Gasteiger charge is 2.18. The van der Waals surface area contributed by atoms with E-state index >= 15 is 0 Å². The summed E-state index contributed by atoms with van der Waals surface area (Å²) < 4.78 is 5.28. The van der Waals surface area contributed by atoms with Gasteiger partial charge in [0, 0.05) is 19.2 Å². The standard InChI is InChI=1S/C11H24N2O2/c12-6-9-15-8-1-7-13-10-2-4-11(14)5-3-10/h10-11,13-14H,1-9,12H2. The van der Waals surface area contributed by atoms with E-state index in [0.717, 1.165) is 45.3 Å². The maximum atomic E-state index is 9.34. The third-order valence-corrected chi connectivity index (χ3v) is 2.86. The highest BCUT2D eigenvalue weighted by molar-refractivity contribution is 4.76. The van der Waals surface area contributed by atoms with Crippen LogP contribution < -0.4 is 11.1 Å². The first kappa shape index (κ1) is 12.9. The molecule has 1 fully saturated rings. The molecule has 0 amide bonds. The quantitative estimate of drug-likeness (QED) is 0.533. The van der Waals surface area contributed by atoms with Gasteiger partial charge >= 0.3 is 0 Å². The van der Waals surface area contributed by atoms with Crippen LogP contribution in [0.2, 0.25) is 0 Å². The van der Waals surface area contributed by atoms with Crippen molar-refractivity contribution in [2.45, 2.75) is 44.2 Å². The predicted molar refractivity (Wildman–Crippen MR) is 60.8 cm³/mol. The van der Waals surface area contributed by atoms with Gasteiger partial charge in [0.1, 0.15) is 0 Å². The Hall–Kier alpha value is -0.160. The molecule has 0 atom stereocenters. The summed E-state index contributed by atoms with van der Waals surface area (Å²) in [4.78, 5) is 0. The lowest BCUT2D eigenvalue weighted by Gasteiger charge is -2.26. The van der Waals surface area contributed by atoms with Gasteiger partial charge in [-0.1, -0.05) is 0 Å². The van der Waals surface area contributed by atoms with Crippen LogP contribution in [0.15, 0.2) is 0 Å². The van der Waals surface area contributed by atoms with Gasteiger partial charge in [0.25, 0.3) is 0 Å². The molecule has 4 nitrogen and oxygen atoms in total. The number of aliphatic hydroxyl groups excluding tert-OH is 1. The van der Waals surface area contributed by atoms with E-state index in [-0.39, 0.29) is 6.10 Å². The summed E-state index contributed by atoms with van der Waals surface area (Å²) in [6.45, 7) is 3.06. The third kappa shape index (κ3) is 6.10. The van der Waals surface area contributed by atoms with Gasteiger partial charge in [0.05, 0.1) is 12.7 Å². The summed E-state index contributed by atoms with van der Waals surface area (Å²) in [6, 6.07) is 0.600. The zero-order valence-corrected chi connectivity index (χ0v) is 9.45. The first-order valence-electron chi connectivity index (χ1n) is 6.02. The lowest BCUT2D eigenvalue weighted by molar-refractivity contribution is 0.113. The van der Waals surface area contributed by atoms with Gasteiger partial charge in [-0.25, -0.2) is 0 Å². The summed E-state index contributed by atoms with van der Waals surface area (Å²) in [7, 11) is 0. The molecule has 0 bridgehead atoms. The smallest absolute Gasteiger partial charge is 0.0588 e.